The molecule has 0 unspecified atom stereocenters. The molecule has 43 heavy (non-hydrogen) atoms. The first kappa shape index (κ1) is 29.9. The number of aromatic nitrogens is 4. The van der Waals surface area contributed by atoms with Crippen molar-refractivity contribution >= 4 is 23.6 Å². The van der Waals surface area contributed by atoms with Gasteiger partial charge in [-0.1, -0.05) is 24.1 Å². The molecule has 2 aromatic heterocycles. The van der Waals surface area contributed by atoms with Gasteiger partial charge in [0.05, 0.1) is 23.3 Å². The Hall–Kier alpha value is -4.60. The van der Waals surface area contributed by atoms with Crippen LogP contribution in [0.5, 0.6) is 0 Å². The lowest BCUT2D eigenvalue weighted by Gasteiger charge is -2.33. The number of ether oxygens (including phenoxy) is 1. The number of alkyl halides is 3. The van der Waals surface area contributed by atoms with Crippen molar-refractivity contribution < 1.29 is 27.5 Å². The third kappa shape index (κ3) is 6.74. The molecule has 10 nitrogen and oxygen atoms in total. The number of hydrogen-bond donors (Lipinski definition) is 2. The zero-order valence-corrected chi connectivity index (χ0v) is 24.0. The van der Waals surface area contributed by atoms with E-state index in [1.807, 2.05) is 20.8 Å². The lowest BCUT2D eigenvalue weighted by Crippen LogP contribution is -2.42. The Morgan fingerprint density at radius 3 is 2.42 bits per heavy atom. The second kappa shape index (κ2) is 11.2. The molecule has 0 spiro atoms. The van der Waals surface area contributed by atoms with Crippen molar-refractivity contribution in [3.8, 4) is 11.8 Å². The maximum absolute atomic E-state index is 13.8. The molecule has 0 bridgehead atoms. The molecule has 1 aromatic carbocycles. The van der Waals surface area contributed by atoms with Gasteiger partial charge in [-0.15, -0.1) is 0 Å². The quantitative estimate of drug-likeness (QED) is 0.401. The SMILES string of the molecule is CC(C)(C)OC(=O)N1CCC(n2cc(Nc3ncc(C(F)(F)F)c(C#Cc4ccccc4C4(C(N)=O)CC4)n3)cn2)CC1. The fourth-order valence-electron chi connectivity index (χ4n) is 5.03. The summed E-state index contributed by atoms with van der Waals surface area (Å²) in [6.07, 6.45) is 1.30. The van der Waals surface area contributed by atoms with Gasteiger partial charge in [-0.3, -0.25) is 9.48 Å². The first-order valence-electron chi connectivity index (χ1n) is 13.9. The van der Waals surface area contributed by atoms with Gasteiger partial charge in [-0.05, 0) is 64.0 Å². The monoisotopic (exact) mass is 595 g/mol. The summed E-state index contributed by atoms with van der Waals surface area (Å²) in [4.78, 5) is 34.0. The van der Waals surface area contributed by atoms with Gasteiger partial charge in [0.1, 0.15) is 16.9 Å². The van der Waals surface area contributed by atoms with E-state index in [0.29, 0.717) is 61.8 Å². The molecule has 3 aromatic rings. The Labute approximate surface area is 246 Å². The molecule has 2 aliphatic rings. The molecule has 1 saturated carbocycles. The highest BCUT2D eigenvalue weighted by atomic mass is 19.4. The Morgan fingerprint density at radius 2 is 1.79 bits per heavy atom. The molecule has 0 radical (unpaired) electrons. The van der Waals surface area contributed by atoms with Crippen LogP contribution in [-0.2, 0) is 21.1 Å². The standard InChI is InChI=1S/C30H32F3N7O3/c1-28(2,3)43-27(42)39-14-10-21(11-15-39)40-18-20(16-36-40)37-26-35-17-23(30(31,32)33)24(38-26)9-8-19-6-4-5-7-22(19)29(12-13-29)25(34)41/h4-7,16-18,21H,10-15H2,1-3H3,(H2,34,41)(H,35,37,38). The number of hydrogen-bond acceptors (Lipinski definition) is 7. The van der Waals surface area contributed by atoms with E-state index in [-0.39, 0.29) is 18.1 Å². The number of anilines is 2. The number of nitrogens with zero attached hydrogens (tertiary/aromatic N) is 5. The Balaban J connectivity index is 1.32. The maximum Gasteiger partial charge on any atom is 0.420 e. The van der Waals surface area contributed by atoms with E-state index < -0.39 is 34.4 Å². The molecular weight excluding hydrogens is 563 g/mol. The van der Waals surface area contributed by atoms with Crippen molar-refractivity contribution in [2.24, 2.45) is 5.73 Å². The van der Waals surface area contributed by atoms with Crippen molar-refractivity contribution in [1.82, 2.24) is 24.6 Å². The Bertz CT molecular complexity index is 1590. The first-order valence-corrected chi connectivity index (χ1v) is 13.9. The average Bonchev–Trinajstić information content (AvgIpc) is 3.63. The summed E-state index contributed by atoms with van der Waals surface area (Å²) in [6.45, 7) is 6.48. The summed E-state index contributed by atoms with van der Waals surface area (Å²) in [7, 11) is 0. The van der Waals surface area contributed by atoms with Crippen LogP contribution in [0.3, 0.4) is 0 Å². The zero-order valence-electron chi connectivity index (χ0n) is 24.0. The minimum Gasteiger partial charge on any atom is -0.444 e. The summed E-state index contributed by atoms with van der Waals surface area (Å²) in [5, 5.41) is 7.30. The van der Waals surface area contributed by atoms with E-state index in [4.69, 9.17) is 10.5 Å². The summed E-state index contributed by atoms with van der Waals surface area (Å²) in [5.41, 5.74) is 4.10. The maximum atomic E-state index is 13.8. The zero-order chi connectivity index (χ0) is 31.0. The van der Waals surface area contributed by atoms with E-state index in [1.165, 1.54) is 6.20 Å². The van der Waals surface area contributed by atoms with Crippen molar-refractivity contribution in [3.63, 3.8) is 0 Å². The van der Waals surface area contributed by atoms with Gasteiger partial charge in [-0.2, -0.15) is 18.3 Å². The molecule has 3 N–H and O–H groups in total. The van der Waals surface area contributed by atoms with Crippen molar-refractivity contribution in [3.05, 3.63) is 65.2 Å². The molecule has 5 rings (SSSR count). The number of nitrogens with two attached hydrogens (primary N) is 1. The van der Waals surface area contributed by atoms with Gasteiger partial charge < -0.3 is 20.7 Å². The minimum atomic E-state index is -4.73. The highest BCUT2D eigenvalue weighted by Gasteiger charge is 2.51. The number of piperidine rings is 1. The third-order valence-corrected chi connectivity index (χ3v) is 7.42. The normalized spacial score (nSPS) is 16.7. The number of benzene rings is 1. The predicted molar refractivity (Wildman–Crippen MR) is 151 cm³/mol. The average molecular weight is 596 g/mol. The fourth-order valence-corrected chi connectivity index (χ4v) is 5.03. The predicted octanol–water partition coefficient (Wildman–Crippen LogP) is 4.92. The van der Waals surface area contributed by atoms with E-state index in [9.17, 15) is 22.8 Å². The highest BCUT2D eigenvalue weighted by Crippen LogP contribution is 2.49. The van der Waals surface area contributed by atoms with Crippen molar-refractivity contribution in [2.45, 2.75) is 69.7 Å². The van der Waals surface area contributed by atoms with Crippen LogP contribution in [0.1, 0.15) is 74.9 Å². The number of nitrogens with one attached hydrogen (secondary N) is 1. The summed E-state index contributed by atoms with van der Waals surface area (Å²) < 4.78 is 48.6. The smallest absolute Gasteiger partial charge is 0.420 e. The molecule has 1 aliphatic carbocycles. The van der Waals surface area contributed by atoms with E-state index in [0.717, 1.165) is 0 Å². The van der Waals surface area contributed by atoms with E-state index >= 15 is 0 Å². The largest absolute Gasteiger partial charge is 0.444 e. The lowest BCUT2D eigenvalue weighted by atomic mass is 9.91. The van der Waals surface area contributed by atoms with Crippen LogP contribution in [-0.4, -0.2) is 55.3 Å². The fraction of sp³-hybridized carbons (Fsp3) is 0.433. The van der Waals surface area contributed by atoms with Gasteiger partial charge in [0.15, 0.2) is 0 Å². The number of carbonyl (C=O) groups excluding carboxylic acids is 2. The number of carbonyl (C=O) groups is 2. The molecule has 1 aliphatic heterocycles. The van der Waals surface area contributed by atoms with E-state index in [1.54, 1.807) is 40.0 Å². The Kier molecular flexibility index (Phi) is 7.81. The van der Waals surface area contributed by atoms with Crippen LogP contribution in [0.15, 0.2) is 42.9 Å². The van der Waals surface area contributed by atoms with Crippen molar-refractivity contribution in [1.29, 1.82) is 0 Å². The first-order chi connectivity index (χ1) is 20.2. The third-order valence-electron chi connectivity index (χ3n) is 7.42. The van der Waals surface area contributed by atoms with Crippen LogP contribution in [0.4, 0.5) is 29.6 Å². The molecule has 1 saturated heterocycles. The lowest BCUT2D eigenvalue weighted by molar-refractivity contribution is -0.138. The highest BCUT2D eigenvalue weighted by molar-refractivity contribution is 5.90. The summed E-state index contributed by atoms with van der Waals surface area (Å²) >= 11 is 0. The number of halogens is 3. The van der Waals surface area contributed by atoms with Gasteiger partial charge in [0, 0.05) is 31.0 Å². The van der Waals surface area contributed by atoms with Crippen LogP contribution in [0.25, 0.3) is 0 Å². The summed E-state index contributed by atoms with van der Waals surface area (Å²) in [5.74, 6) is 4.76. The van der Waals surface area contributed by atoms with Crippen LogP contribution in [0, 0.1) is 11.8 Å². The van der Waals surface area contributed by atoms with Gasteiger partial charge in [0.25, 0.3) is 0 Å². The second-order valence-corrected chi connectivity index (χ2v) is 11.7. The number of likely N-dealkylation sites (tertiary alicyclic amines) is 1. The van der Waals surface area contributed by atoms with Crippen molar-refractivity contribution in [2.75, 3.05) is 18.4 Å². The summed E-state index contributed by atoms with van der Waals surface area (Å²) in [6, 6.07) is 6.83. The minimum absolute atomic E-state index is 0.0272. The molecular formula is C30H32F3N7O3. The van der Waals surface area contributed by atoms with Gasteiger partial charge in [0.2, 0.25) is 11.9 Å². The van der Waals surface area contributed by atoms with Crippen LogP contribution >= 0.6 is 0 Å². The number of primary amides is 1. The molecule has 3 heterocycles. The van der Waals surface area contributed by atoms with Gasteiger partial charge >= 0.3 is 12.3 Å². The molecule has 226 valence electrons. The molecule has 13 heteroatoms. The topological polar surface area (TPSA) is 128 Å². The van der Waals surface area contributed by atoms with Gasteiger partial charge in [-0.25, -0.2) is 14.8 Å². The molecule has 2 fully saturated rings. The number of amides is 2. The van der Waals surface area contributed by atoms with Crippen LogP contribution < -0.4 is 11.1 Å². The second-order valence-electron chi connectivity index (χ2n) is 11.7. The Morgan fingerprint density at radius 1 is 1.09 bits per heavy atom. The molecule has 0 atom stereocenters. The van der Waals surface area contributed by atoms with E-state index in [2.05, 4.69) is 32.2 Å². The molecule has 2 amide bonds. The number of rotatable bonds is 5. The van der Waals surface area contributed by atoms with Crippen LogP contribution in [0.2, 0.25) is 0 Å².